The summed E-state index contributed by atoms with van der Waals surface area (Å²) in [6.07, 6.45) is 9.73. The Morgan fingerprint density at radius 3 is 0.637 bits per heavy atom. The average Bonchev–Trinajstić information content (AvgIpc) is 1.63. The number of hydrogen-bond donors (Lipinski definition) is 14. The molecule has 12 fully saturated rings. The summed E-state index contributed by atoms with van der Waals surface area (Å²) in [7, 11) is 0. The van der Waals surface area contributed by atoms with Crippen molar-refractivity contribution in [3.63, 3.8) is 0 Å². The molecule has 12 aliphatic rings. The van der Waals surface area contributed by atoms with Gasteiger partial charge in [-0.05, 0) is 148 Å². The Kier molecular flexibility index (Phi) is 35.9. The Morgan fingerprint density at radius 1 is 0.315 bits per heavy atom. The number of esters is 4. The molecule has 8 saturated heterocycles. The predicted molar refractivity (Wildman–Crippen MR) is 412 cm³/mol. The molecule has 14 N–H and O–H groups in total. The van der Waals surface area contributed by atoms with Crippen molar-refractivity contribution in [1.82, 2.24) is 0 Å². The standard InChI is InChI=1S/2C36H50O12.C8H6O4.4HNO3/c2*37-25-17-43-31-29(25)45-19-35(31,41)15-27(21-7-3-1-4-8-21)47-33(39)23-11-13-24(14-12-23)34(40)48-28(22-9-5-2-6-10-22)16-36(42)20-46-30-26(38)18-44-32(30)36;9-7(10)5-1-2-6(4-3-5)8(11)12;4*2-1(3)4/h2*11-14,21-22,25-32,37-38,41-42H,1-10,15-20H2;1-4H,(H,9,10)(H,11,12);4*(H,2,3,4)/t2*25-,26-,27?,28?,29-,30-,31+,32+,35-,36-;;;;;/m11...../s1. The van der Waals surface area contributed by atoms with Gasteiger partial charge >= 0.3 is 35.8 Å². The van der Waals surface area contributed by atoms with E-state index >= 15 is 0 Å². The summed E-state index contributed by atoms with van der Waals surface area (Å²) in [5, 5.41) is 158. The predicted octanol–water partition coefficient (Wildman–Crippen LogP) is 4.61. The minimum Gasteiger partial charge on any atom is -0.478 e. The van der Waals surface area contributed by atoms with Gasteiger partial charge in [-0.1, -0.05) is 77.0 Å². The molecule has 4 unspecified atom stereocenters. The van der Waals surface area contributed by atoms with E-state index in [0.717, 1.165) is 128 Å². The van der Waals surface area contributed by atoms with Crippen LogP contribution in [0.5, 0.6) is 0 Å². The molecule has 124 heavy (non-hydrogen) atoms. The summed E-state index contributed by atoms with van der Waals surface area (Å²) in [5.74, 6) is -4.00. The number of carbonyl (C=O) groups is 6. The van der Waals surface area contributed by atoms with Gasteiger partial charge in [-0.3, -0.25) is 0 Å². The summed E-state index contributed by atoms with van der Waals surface area (Å²) in [4.78, 5) is 108. The molecule has 20 atom stereocenters. The number of aromatic carboxylic acids is 2. The molecule has 4 saturated carbocycles. The lowest BCUT2D eigenvalue weighted by molar-refractivity contribution is -0.742. The van der Waals surface area contributed by atoms with E-state index in [2.05, 4.69) is 0 Å². The van der Waals surface area contributed by atoms with Crippen molar-refractivity contribution in [2.45, 2.75) is 274 Å². The van der Waals surface area contributed by atoms with Crippen LogP contribution in [-0.4, -0.2) is 301 Å². The van der Waals surface area contributed by atoms with Crippen LogP contribution in [0.15, 0.2) is 72.8 Å². The first-order valence-electron chi connectivity index (χ1n) is 41.3. The Hall–Kier alpha value is -9.36. The zero-order valence-corrected chi connectivity index (χ0v) is 67.8. The number of carboxylic acid groups (broad SMARTS) is 2. The molecule has 0 spiro atoms. The molecule has 690 valence electrons. The van der Waals surface area contributed by atoms with Crippen LogP contribution in [0.4, 0.5) is 0 Å². The van der Waals surface area contributed by atoms with Crippen molar-refractivity contribution < 1.29 is 178 Å². The van der Waals surface area contributed by atoms with Crippen LogP contribution in [0.1, 0.15) is 216 Å². The van der Waals surface area contributed by atoms with Crippen LogP contribution in [0.25, 0.3) is 0 Å². The number of fused-ring (bicyclic) bond motifs is 4. The van der Waals surface area contributed by atoms with Crippen LogP contribution < -0.4 is 0 Å². The maximum atomic E-state index is 13.5. The molecule has 3 aromatic rings. The van der Waals surface area contributed by atoms with Gasteiger partial charge in [0.25, 0.3) is 20.3 Å². The van der Waals surface area contributed by atoms with Crippen LogP contribution in [0.3, 0.4) is 0 Å². The van der Waals surface area contributed by atoms with Gasteiger partial charge < -0.3 is 129 Å². The Balaban J connectivity index is 0.000000215. The monoisotopic (exact) mass is 1770 g/mol. The average molecular weight is 1770 g/mol. The van der Waals surface area contributed by atoms with Crippen molar-refractivity contribution in [3.05, 3.63) is 147 Å². The Labute approximate surface area is 708 Å². The highest BCUT2D eigenvalue weighted by Crippen LogP contribution is 2.46. The molecule has 15 rings (SSSR count). The second-order valence-electron chi connectivity index (χ2n) is 33.3. The second kappa shape index (κ2) is 45.2. The Bertz CT molecular complexity index is 3530. The first kappa shape index (κ1) is 98.4. The SMILES string of the molecule is O=C(O)c1ccc(C(=O)O)cc1.O=C(OC(C[C@@]1(O)CO[C@@H]2[C@H](O)CO[C@@H]21)C1CCCCC1)c1ccc(C(=O)OC(C[C@@]2(O)CO[C@@H]3[C@H](O)CO[C@@H]32)C2CCCCC2)cc1.O=C(OC(C[C@@]1(O)CO[C@@H]2[C@H](O)CO[C@@H]21)C1CCCCC1)c1ccc(C(=O)OC(C[C@@]2(O)CO[C@@H]3[C@H](O)CO[C@@H]32)C2CCCCC2)cc1.O=[N+]([O-])O.O=[N+]([O-])O.O=[N+]([O-])O.O=[N+]([O-])O. The number of aliphatic hydroxyl groups is 8. The van der Waals surface area contributed by atoms with Crippen molar-refractivity contribution in [1.29, 1.82) is 0 Å². The van der Waals surface area contributed by atoms with E-state index in [0.29, 0.717) is 0 Å². The third-order valence-electron chi connectivity index (χ3n) is 24.8. The summed E-state index contributed by atoms with van der Waals surface area (Å²) < 4.78 is 70.0. The van der Waals surface area contributed by atoms with E-state index in [1.807, 2.05) is 0 Å². The molecule has 8 heterocycles. The number of carboxylic acids is 2. The fraction of sp³-hybridized carbons (Fsp3) is 0.700. The van der Waals surface area contributed by atoms with E-state index in [1.54, 1.807) is 48.5 Å². The second-order valence-corrected chi connectivity index (χ2v) is 33.3. The molecule has 0 amide bonds. The van der Waals surface area contributed by atoms with Gasteiger partial charge in [-0.2, -0.15) is 0 Å². The van der Waals surface area contributed by atoms with Crippen molar-refractivity contribution in [2.24, 2.45) is 23.7 Å². The molecule has 0 radical (unpaired) electrons. The number of ether oxygens (including phenoxy) is 12. The van der Waals surface area contributed by atoms with E-state index in [9.17, 15) is 69.6 Å². The molecule has 8 aliphatic heterocycles. The summed E-state index contributed by atoms with van der Waals surface area (Å²) in [5.41, 5.74) is -4.25. The maximum Gasteiger partial charge on any atom is 0.338 e. The minimum absolute atomic E-state index is 0.000531. The van der Waals surface area contributed by atoms with Gasteiger partial charge in [0.2, 0.25) is 0 Å². The van der Waals surface area contributed by atoms with Gasteiger partial charge in [0.1, 0.15) is 120 Å². The minimum atomic E-state index is -1.50. The molecule has 44 nitrogen and oxygen atoms in total. The molecule has 3 aromatic carbocycles. The van der Waals surface area contributed by atoms with Crippen LogP contribution in [-0.2, 0) is 56.8 Å². The summed E-state index contributed by atoms with van der Waals surface area (Å²) in [6, 6.07) is 17.4. The lowest BCUT2D eigenvalue weighted by Gasteiger charge is -2.36. The molecule has 0 bridgehead atoms. The van der Waals surface area contributed by atoms with Crippen molar-refractivity contribution in [3.8, 4) is 0 Å². The molecule has 0 aromatic heterocycles. The molecule has 44 heteroatoms. The first-order valence-corrected chi connectivity index (χ1v) is 41.3. The molecular weight excluding hydrogens is 1660 g/mol. The van der Waals surface area contributed by atoms with Gasteiger partial charge in [-0.25, -0.2) is 28.8 Å². The highest BCUT2D eigenvalue weighted by molar-refractivity contribution is 5.95. The van der Waals surface area contributed by atoms with E-state index in [1.165, 1.54) is 24.3 Å². The van der Waals surface area contributed by atoms with Crippen molar-refractivity contribution >= 4 is 35.8 Å². The highest BCUT2D eigenvalue weighted by atomic mass is 16.9. The molecule has 4 aliphatic carbocycles. The van der Waals surface area contributed by atoms with Gasteiger partial charge in [0.05, 0.1) is 86.2 Å². The van der Waals surface area contributed by atoms with E-state index < -0.39 is 176 Å². The summed E-state index contributed by atoms with van der Waals surface area (Å²) in [6.45, 7) is 0.373. The zero-order valence-electron chi connectivity index (χ0n) is 67.8. The number of nitrogens with zero attached hydrogens (tertiary/aromatic N) is 4. The lowest BCUT2D eigenvalue weighted by atomic mass is 9.79. The van der Waals surface area contributed by atoms with Crippen LogP contribution >= 0.6 is 0 Å². The Morgan fingerprint density at radius 2 is 0.476 bits per heavy atom. The highest BCUT2D eigenvalue weighted by Gasteiger charge is 2.61. The normalized spacial score (nSPS) is 31.4. The number of aliphatic hydroxyl groups excluding tert-OH is 4. The van der Waals surface area contributed by atoms with Gasteiger partial charge in [0.15, 0.2) is 0 Å². The van der Waals surface area contributed by atoms with Crippen molar-refractivity contribution in [2.75, 3.05) is 52.9 Å². The summed E-state index contributed by atoms with van der Waals surface area (Å²) >= 11 is 0. The molecular formula is C80H110N4O40. The van der Waals surface area contributed by atoms with Crippen LogP contribution in [0, 0.1) is 64.1 Å². The van der Waals surface area contributed by atoms with Gasteiger partial charge in [-0.15, -0.1) is 40.5 Å². The number of carbonyl (C=O) groups excluding carboxylic acids is 4. The zero-order chi connectivity index (χ0) is 90.4. The van der Waals surface area contributed by atoms with E-state index in [4.69, 9.17) is 128 Å². The fourth-order valence-electron chi connectivity index (χ4n) is 18.7. The number of rotatable bonds is 22. The lowest BCUT2D eigenvalue weighted by Crippen LogP contribution is -2.48. The largest absolute Gasteiger partial charge is 0.478 e. The van der Waals surface area contributed by atoms with E-state index in [-0.39, 0.29) is 136 Å². The van der Waals surface area contributed by atoms with Gasteiger partial charge in [0, 0.05) is 25.7 Å². The fourth-order valence-corrected chi connectivity index (χ4v) is 18.7. The first-order chi connectivity index (χ1) is 58.8. The smallest absolute Gasteiger partial charge is 0.338 e. The third kappa shape index (κ3) is 26.9. The third-order valence-corrected chi connectivity index (χ3v) is 24.8. The number of benzene rings is 3. The maximum absolute atomic E-state index is 13.5. The topological polar surface area (TPSA) is 669 Å². The van der Waals surface area contributed by atoms with Crippen LogP contribution in [0.2, 0.25) is 0 Å². The number of hydrogen-bond acceptors (Lipinski definition) is 34. The quantitative estimate of drug-likeness (QED) is 0.0283.